The molecule has 1 atom stereocenters. The Labute approximate surface area is 146 Å². The molecule has 122 valence electrons. The normalized spacial score (nSPS) is 23.3. The Bertz CT molecular complexity index is 652. The Morgan fingerprint density at radius 1 is 1.30 bits per heavy atom. The summed E-state index contributed by atoms with van der Waals surface area (Å²) in [4.78, 5) is 9.80. The molecule has 2 aromatic rings. The summed E-state index contributed by atoms with van der Waals surface area (Å²) in [6, 6.07) is 10.5. The Balaban J connectivity index is 1.23. The maximum Gasteiger partial charge on any atom is 0.0892 e. The van der Waals surface area contributed by atoms with E-state index in [0.717, 1.165) is 18.0 Å². The third-order valence-electron chi connectivity index (χ3n) is 4.57. The highest BCUT2D eigenvalue weighted by Crippen LogP contribution is 2.46. The van der Waals surface area contributed by atoms with Crippen LogP contribution in [0.25, 0.3) is 0 Å². The number of rotatable bonds is 5. The molecule has 23 heavy (non-hydrogen) atoms. The van der Waals surface area contributed by atoms with Gasteiger partial charge in [0.2, 0.25) is 0 Å². The molecule has 2 aliphatic rings. The quantitative estimate of drug-likeness (QED) is 0.824. The van der Waals surface area contributed by atoms with Gasteiger partial charge in [-0.15, -0.1) is 23.1 Å². The van der Waals surface area contributed by atoms with Crippen LogP contribution in [0.2, 0.25) is 0 Å². The van der Waals surface area contributed by atoms with Crippen molar-refractivity contribution in [3.05, 3.63) is 52.0 Å². The van der Waals surface area contributed by atoms with Gasteiger partial charge < -0.3 is 4.74 Å². The fourth-order valence-electron chi connectivity index (χ4n) is 3.49. The SMILES string of the molecule is Cc1ccc(CN2CC3(C[C@@H](OCc4ccccn4)CS3)C2)s1. The van der Waals surface area contributed by atoms with Crippen molar-refractivity contribution in [1.29, 1.82) is 0 Å². The van der Waals surface area contributed by atoms with Gasteiger partial charge in [0.1, 0.15) is 0 Å². The minimum Gasteiger partial charge on any atom is -0.371 e. The van der Waals surface area contributed by atoms with E-state index < -0.39 is 0 Å². The van der Waals surface area contributed by atoms with E-state index in [1.807, 2.05) is 35.7 Å². The van der Waals surface area contributed by atoms with Gasteiger partial charge in [0, 0.05) is 46.1 Å². The van der Waals surface area contributed by atoms with E-state index in [2.05, 4.69) is 40.7 Å². The molecule has 0 unspecified atom stereocenters. The smallest absolute Gasteiger partial charge is 0.0892 e. The molecule has 1 spiro atoms. The number of thioether (sulfide) groups is 1. The molecule has 2 aromatic heterocycles. The number of likely N-dealkylation sites (tertiary alicyclic amines) is 1. The van der Waals surface area contributed by atoms with E-state index in [0.29, 0.717) is 17.5 Å². The minimum atomic E-state index is 0.383. The van der Waals surface area contributed by atoms with Crippen molar-refractivity contribution in [2.75, 3.05) is 18.8 Å². The largest absolute Gasteiger partial charge is 0.371 e. The molecule has 0 saturated carbocycles. The van der Waals surface area contributed by atoms with E-state index in [4.69, 9.17) is 4.74 Å². The van der Waals surface area contributed by atoms with E-state index in [1.165, 1.54) is 29.3 Å². The topological polar surface area (TPSA) is 25.4 Å². The zero-order chi connectivity index (χ0) is 15.7. The van der Waals surface area contributed by atoms with Crippen LogP contribution in [0.15, 0.2) is 36.5 Å². The number of nitrogens with zero attached hydrogens (tertiary/aromatic N) is 2. The van der Waals surface area contributed by atoms with Gasteiger partial charge in [-0.25, -0.2) is 0 Å². The molecule has 2 saturated heterocycles. The number of ether oxygens (including phenoxy) is 1. The van der Waals surface area contributed by atoms with Crippen molar-refractivity contribution < 1.29 is 4.74 Å². The number of hydrogen-bond donors (Lipinski definition) is 0. The van der Waals surface area contributed by atoms with Crippen molar-refractivity contribution >= 4 is 23.1 Å². The second-order valence-electron chi connectivity index (χ2n) is 6.61. The summed E-state index contributed by atoms with van der Waals surface area (Å²) in [5.74, 6) is 1.12. The molecule has 5 heteroatoms. The first-order valence-corrected chi connectivity index (χ1v) is 9.94. The maximum atomic E-state index is 6.08. The summed E-state index contributed by atoms with van der Waals surface area (Å²) >= 11 is 4.03. The van der Waals surface area contributed by atoms with Crippen LogP contribution in [-0.4, -0.2) is 39.6 Å². The highest BCUT2D eigenvalue weighted by atomic mass is 32.2. The lowest BCUT2D eigenvalue weighted by Crippen LogP contribution is -2.58. The van der Waals surface area contributed by atoms with Crippen LogP contribution >= 0.6 is 23.1 Å². The first-order valence-electron chi connectivity index (χ1n) is 8.14. The fourth-order valence-corrected chi connectivity index (χ4v) is 6.03. The lowest BCUT2D eigenvalue weighted by Gasteiger charge is -2.47. The standard InChI is InChI=1S/C18H22N2OS2/c1-14-5-6-17(23-14)9-20-12-18(13-20)8-16(11-22-18)21-10-15-4-2-3-7-19-15/h2-7,16H,8-13H2,1H3/t16-/m1/s1. The van der Waals surface area contributed by atoms with Crippen LogP contribution in [0.4, 0.5) is 0 Å². The van der Waals surface area contributed by atoms with Gasteiger partial charge in [-0.1, -0.05) is 6.07 Å². The van der Waals surface area contributed by atoms with Gasteiger partial charge in [-0.05, 0) is 37.6 Å². The molecule has 4 heterocycles. The fraction of sp³-hybridized carbons (Fsp3) is 0.500. The Hall–Kier alpha value is -0.880. The van der Waals surface area contributed by atoms with Crippen LogP contribution < -0.4 is 0 Å². The average molecular weight is 347 g/mol. The zero-order valence-corrected chi connectivity index (χ0v) is 15.0. The lowest BCUT2D eigenvalue weighted by molar-refractivity contribution is 0.0253. The Kier molecular flexibility index (Phi) is 4.46. The van der Waals surface area contributed by atoms with Gasteiger partial charge >= 0.3 is 0 Å². The van der Waals surface area contributed by atoms with Crippen LogP contribution in [0, 0.1) is 6.92 Å². The van der Waals surface area contributed by atoms with Crippen molar-refractivity contribution in [2.45, 2.75) is 37.3 Å². The summed E-state index contributed by atoms with van der Waals surface area (Å²) in [7, 11) is 0. The number of hydrogen-bond acceptors (Lipinski definition) is 5. The van der Waals surface area contributed by atoms with Gasteiger partial charge in [0.05, 0.1) is 18.4 Å². The van der Waals surface area contributed by atoms with Gasteiger partial charge in [0.15, 0.2) is 0 Å². The highest BCUT2D eigenvalue weighted by molar-refractivity contribution is 8.01. The molecular formula is C18H22N2OS2. The van der Waals surface area contributed by atoms with Crippen LogP contribution in [0.1, 0.15) is 21.9 Å². The molecule has 0 radical (unpaired) electrons. The Morgan fingerprint density at radius 2 is 2.22 bits per heavy atom. The monoisotopic (exact) mass is 346 g/mol. The molecule has 0 aromatic carbocycles. The van der Waals surface area contributed by atoms with Crippen molar-refractivity contribution in [3.8, 4) is 0 Å². The van der Waals surface area contributed by atoms with Gasteiger partial charge in [-0.3, -0.25) is 9.88 Å². The van der Waals surface area contributed by atoms with E-state index >= 15 is 0 Å². The molecule has 0 amide bonds. The molecule has 0 N–H and O–H groups in total. The lowest BCUT2D eigenvalue weighted by atomic mass is 9.93. The van der Waals surface area contributed by atoms with Crippen LogP contribution in [0.3, 0.4) is 0 Å². The first-order chi connectivity index (χ1) is 11.2. The summed E-state index contributed by atoms with van der Waals surface area (Å²) in [6.07, 6.45) is 3.40. The number of aromatic nitrogens is 1. The minimum absolute atomic E-state index is 0.383. The summed E-state index contributed by atoms with van der Waals surface area (Å²) in [5.41, 5.74) is 1.03. The van der Waals surface area contributed by atoms with E-state index in [9.17, 15) is 0 Å². The molecule has 0 bridgehead atoms. The number of aryl methyl sites for hydroxylation is 1. The molecule has 0 aliphatic carbocycles. The second-order valence-corrected chi connectivity index (χ2v) is 9.47. The van der Waals surface area contributed by atoms with Crippen molar-refractivity contribution in [1.82, 2.24) is 9.88 Å². The molecule has 4 rings (SSSR count). The first kappa shape index (κ1) is 15.6. The average Bonchev–Trinajstić information content (AvgIpc) is 3.13. The van der Waals surface area contributed by atoms with Crippen molar-refractivity contribution in [3.63, 3.8) is 0 Å². The summed E-state index contributed by atoms with van der Waals surface area (Å²) in [6.45, 7) is 6.35. The molecule has 3 nitrogen and oxygen atoms in total. The Morgan fingerprint density at radius 3 is 2.96 bits per heavy atom. The second kappa shape index (κ2) is 6.55. The van der Waals surface area contributed by atoms with E-state index in [1.54, 1.807) is 0 Å². The van der Waals surface area contributed by atoms with E-state index in [-0.39, 0.29) is 0 Å². The maximum absolute atomic E-state index is 6.08. The molecule has 2 aliphatic heterocycles. The van der Waals surface area contributed by atoms with Gasteiger partial charge in [-0.2, -0.15) is 0 Å². The predicted octanol–water partition coefficient (Wildman–Crippen LogP) is 3.73. The highest BCUT2D eigenvalue weighted by Gasteiger charge is 2.49. The molecular weight excluding hydrogens is 324 g/mol. The van der Waals surface area contributed by atoms with Gasteiger partial charge in [0.25, 0.3) is 0 Å². The summed E-state index contributed by atoms with van der Waals surface area (Å²) < 4.78 is 6.52. The van der Waals surface area contributed by atoms with Crippen molar-refractivity contribution in [2.24, 2.45) is 0 Å². The summed E-state index contributed by atoms with van der Waals surface area (Å²) in [5, 5.41) is 0. The molecule has 2 fully saturated rings. The number of pyridine rings is 1. The van der Waals surface area contributed by atoms with Crippen LogP contribution in [-0.2, 0) is 17.9 Å². The predicted molar refractivity (Wildman–Crippen MR) is 97.0 cm³/mol. The third-order valence-corrected chi connectivity index (χ3v) is 7.13. The number of thiophene rings is 1. The third kappa shape index (κ3) is 3.63. The van der Waals surface area contributed by atoms with Crippen LogP contribution in [0.5, 0.6) is 0 Å². The zero-order valence-electron chi connectivity index (χ0n) is 13.4.